The summed E-state index contributed by atoms with van der Waals surface area (Å²) in [6.07, 6.45) is 0. The quantitative estimate of drug-likeness (QED) is 0.213. The molecular weight excluding hydrogens is 608 g/mol. The van der Waals surface area contributed by atoms with E-state index in [1.165, 1.54) is 0 Å². The molecule has 0 saturated heterocycles. The minimum Gasteiger partial charge on any atom is -0.459 e. The van der Waals surface area contributed by atoms with Crippen molar-refractivity contribution in [3.63, 3.8) is 0 Å². The Bertz CT molecular complexity index is 628. The van der Waals surface area contributed by atoms with E-state index in [-0.39, 0.29) is 64.7 Å². The third-order valence-corrected chi connectivity index (χ3v) is 7.35. The Kier molecular flexibility index (Phi) is 25.1. The lowest BCUT2D eigenvalue weighted by Gasteiger charge is -2.26. The van der Waals surface area contributed by atoms with Crippen LogP contribution >= 0.6 is 0 Å². The summed E-state index contributed by atoms with van der Waals surface area (Å²) in [7, 11) is 0. The molecule has 2 aliphatic rings. The lowest BCUT2D eigenvalue weighted by atomic mass is 10.4. The standard InChI is InChI=1S/C30H60N4O12/c35-13-1-31-5-17-39-25-26-40-18-6-33(3-15-37)11-23-45-30-29(43-21-9-31)44-22-10-32(2-14-36)7-19-41-27-28-42-20-8-34(4-16-38)12-24-46-30/h35-38H,1-28H2. The highest BCUT2D eigenvalue weighted by molar-refractivity contribution is 4.88. The number of hydrogen-bond acceptors (Lipinski definition) is 16. The lowest BCUT2D eigenvalue weighted by Crippen LogP contribution is -2.36. The number of aliphatic hydroxyl groups excluding tert-OH is 4. The first kappa shape index (κ1) is 40.6. The first-order valence-electron chi connectivity index (χ1n) is 16.6. The van der Waals surface area contributed by atoms with E-state index in [1.807, 2.05) is 19.6 Å². The maximum absolute atomic E-state index is 9.58. The van der Waals surface area contributed by atoms with Gasteiger partial charge in [0.25, 0.3) is 0 Å². The largest absolute Gasteiger partial charge is 0.459 e. The van der Waals surface area contributed by atoms with Crippen molar-refractivity contribution in [2.75, 3.05) is 184 Å². The van der Waals surface area contributed by atoms with Crippen LogP contribution in [0.25, 0.3) is 0 Å². The predicted molar refractivity (Wildman–Crippen MR) is 168 cm³/mol. The van der Waals surface area contributed by atoms with Crippen molar-refractivity contribution in [1.29, 1.82) is 0 Å². The van der Waals surface area contributed by atoms with E-state index in [1.54, 1.807) is 0 Å². The molecule has 0 fully saturated rings. The molecule has 0 aliphatic carbocycles. The molecule has 16 heteroatoms. The minimum absolute atomic E-state index is 0.00387. The molecule has 0 unspecified atom stereocenters. The summed E-state index contributed by atoms with van der Waals surface area (Å²) in [6, 6.07) is 0. The average molecular weight is 669 g/mol. The molecule has 0 amide bonds. The molecule has 0 radical (unpaired) electrons. The van der Waals surface area contributed by atoms with Crippen molar-refractivity contribution < 1.29 is 58.3 Å². The zero-order valence-corrected chi connectivity index (χ0v) is 27.6. The van der Waals surface area contributed by atoms with Crippen LogP contribution in [-0.4, -0.2) is 224 Å². The van der Waals surface area contributed by atoms with Crippen LogP contribution in [0.3, 0.4) is 0 Å². The van der Waals surface area contributed by atoms with Gasteiger partial charge < -0.3 is 58.3 Å². The van der Waals surface area contributed by atoms with E-state index in [4.69, 9.17) is 37.9 Å². The number of ether oxygens (including phenoxy) is 8. The number of hydrogen-bond donors (Lipinski definition) is 4. The van der Waals surface area contributed by atoms with E-state index >= 15 is 0 Å². The van der Waals surface area contributed by atoms with Gasteiger partial charge in [-0.25, -0.2) is 0 Å². The van der Waals surface area contributed by atoms with Gasteiger partial charge in [-0.3, -0.25) is 19.6 Å². The highest BCUT2D eigenvalue weighted by Gasteiger charge is 2.19. The summed E-state index contributed by atoms with van der Waals surface area (Å²) < 4.78 is 47.5. The second-order valence-electron chi connectivity index (χ2n) is 10.7. The third kappa shape index (κ3) is 20.0. The summed E-state index contributed by atoms with van der Waals surface area (Å²) >= 11 is 0. The van der Waals surface area contributed by atoms with Crippen LogP contribution in [0.1, 0.15) is 0 Å². The lowest BCUT2D eigenvalue weighted by molar-refractivity contribution is -0.0590. The normalized spacial score (nSPS) is 22.5. The maximum atomic E-state index is 9.58. The third-order valence-electron chi connectivity index (χ3n) is 7.35. The Morgan fingerprint density at radius 1 is 0.326 bits per heavy atom. The van der Waals surface area contributed by atoms with Gasteiger partial charge in [0.2, 0.25) is 0 Å². The van der Waals surface area contributed by atoms with Gasteiger partial charge in [-0.15, -0.1) is 0 Å². The van der Waals surface area contributed by atoms with Gasteiger partial charge >= 0.3 is 11.9 Å². The first-order valence-corrected chi connectivity index (χ1v) is 16.6. The van der Waals surface area contributed by atoms with Crippen molar-refractivity contribution in [3.8, 4) is 0 Å². The van der Waals surface area contributed by atoms with Gasteiger partial charge in [0.15, 0.2) is 0 Å². The van der Waals surface area contributed by atoms with Gasteiger partial charge in [-0.1, -0.05) is 0 Å². The monoisotopic (exact) mass is 668 g/mol. The zero-order chi connectivity index (χ0) is 32.9. The van der Waals surface area contributed by atoms with Gasteiger partial charge in [0.1, 0.15) is 26.4 Å². The second kappa shape index (κ2) is 28.5. The van der Waals surface area contributed by atoms with Gasteiger partial charge in [-0.2, -0.15) is 0 Å². The summed E-state index contributed by atoms with van der Waals surface area (Å²) in [5.41, 5.74) is 0. The zero-order valence-electron chi connectivity index (χ0n) is 27.6. The van der Waals surface area contributed by atoms with Crippen molar-refractivity contribution in [2.45, 2.75) is 0 Å². The van der Waals surface area contributed by atoms with Crippen LogP contribution in [0.4, 0.5) is 0 Å². The molecule has 0 aromatic rings. The fraction of sp³-hybridized carbons (Fsp3) is 0.933. The van der Waals surface area contributed by atoms with Crippen LogP contribution in [-0.2, 0) is 37.9 Å². The molecular formula is C30H60N4O12. The molecule has 2 aliphatic heterocycles. The number of rotatable bonds is 8. The Morgan fingerprint density at radius 2 is 0.543 bits per heavy atom. The van der Waals surface area contributed by atoms with Crippen LogP contribution in [0.5, 0.6) is 0 Å². The fourth-order valence-electron chi connectivity index (χ4n) is 4.71. The van der Waals surface area contributed by atoms with E-state index in [0.717, 1.165) is 0 Å². The van der Waals surface area contributed by atoms with E-state index in [9.17, 15) is 20.4 Å². The number of aliphatic hydroxyl groups is 4. The topological polar surface area (TPSA) is 168 Å². The van der Waals surface area contributed by atoms with Crippen molar-refractivity contribution in [1.82, 2.24) is 19.6 Å². The SMILES string of the molecule is OCCN1CCOCCOCCN(CCO)CCOC2=C(OCC1)OCCN(CCO)CCOCCOCCN(CCO)CCO2. The molecule has 46 heavy (non-hydrogen) atoms. The van der Waals surface area contributed by atoms with Crippen molar-refractivity contribution in [2.24, 2.45) is 0 Å². The van der Waals surface area contributed by atoms with Gasteiger partial charge in [0, 0.05) is 78.5 Å². The number of β-amino-alcohol motifs (C(OH)–C–C–N with tert-alkyl or cyclic N) is 4. The Labute approximate surface area is 274 Å². The molecule has 0 bridgehead atoms. The van der Waals surface area contributed by atoms with E-state index in [2.05, 4.69) is 0 Å². The molecule has 2 rings (SSSR count). The summed E-state index contributed by atoms with van der Waals surface area (Å²) in [5.74, 6) is 0.216. The van der Waals surface area contributed by atoms with Crippen LogP contribution in [0.15, 0.2) is 11.9 Å². The molecule has 272 valence electrons. The average Bonchev–Trinajstić information content (AvgIpc) is 3.04. The highest BCUT2D eigenvalue weighted by atomic mass is 16.7. The highest BCUT2D eigenvalue weighted by Crippen LogP contribution is 2.14. The van der Waals surface area contributed by atoms with Crippen LogP contribution in [0.2, 0.25) is 0 Å². The molecule has 0 aromatic heterocycles. The number of nitrogens with zero attached hydrogens (tertiary/aromatic N) is 4. The molecule has 0 aromatic carbocycles. The van der Waals surface area contributed by atoms with Gasteiger partial charge in [-0.05, 0) is 0 Å². The molecule has 0 saturated carbocycles. The molecule has 2 heterocycles. The molecule has 0 spiro atoms. The van der Waals surface area contributed by atoms with Gasteiger partial charge in [0.05, 0.1) is 79.3 Å². The Hall–Kier alpha value is -1.54. The van der Waals surface area contributed by atoms with Crippen molar-refractivity contribution in [3.05, 3.63) is 11.9 Å². The summed E-state index contributed by atoms with van der Waals surface area (Å²) in [6.45, 7) is 11.1. The fourth-order valence-corrected chi connectivity index (χ4v) is 4.71. The van der Waals surface area contributed by atoms with E-state index < -0.39 is 0 Å². The molecule has 0 atom stereocenters. The second-order valence-corrected chi connectivity index (χ2v) is 10.7. The molecule has 4 N–H and O–H groups in total. The maximum Gasteiger partial charge on any atom is 0.364 e. The smallest absolute Gasteiger partial charge is 0.364 e. The minimum atomic E-state index is 0.00387. The van der Waals surface area contributed by atoms with Crippen molar-refractivity contribution >= 4 is 0 Å². The molecule has 16 nitrogen and oxygen atoms in total. The predicted octanol–water partition coefficient (Wildman–Crippen LogP) is -2.55. The Morgan fingerprint density at radius 3 is 0.761 bits per heavy atom. The summed E-state index contributed by atoms with van der Waals surface area (Å²) in [4.78, 5) is 8.16. The van der Waals surface area contributed by atoms with E-state index in [0.29, 0.717) is 131 Å². The Balaban J connectivity index is 2.27. The first-order chi connectivity index (χ1) is 22.7. The summed E-state index contributed by atoms with van der Waals surface area (Å²) in [5, 5.41) is 38.3. The van der Waals surface area contributed by atoms with Crippen LogP contribution < -0.4 is 0 Å². The van der Waals surface area contributed by atoms with Crippen LogP contribution in [0, 0.1) is 0 Å².